The zero-order chi connectivity index (χ0) is 26.6. The van der Waals surface area contributed by atoms with E-state index in [1.54, 1.807) is 24.3 Å². The summed E-state index contributed by atoms with van der Waals surface area (Å²) >= 11 is 0. The summed E-state index contributed by atoms with van der Waals surface area (Å²) in [6.45, 7) is 5.95. The summed E-state index contributed by atoms with van der Waals surface area (Å²) in [5, 5.41) is 2.76. The molecule has 3 heterocycles. The fourth-order valence-corrected chi connectivity index (χ4v) is 4.93. The van der Waals surface area contributed by atoms with Crippen LogP contribution in [0.5, 0.6) is 5.75 Å². The van der Waals surface area contributed by atoms with Crippen LogP contribution in [0.3, 0.4) is 0 Å². The van der Waals surface area contributed by atoms with E-state index in [1.165, 1.54) is 5.56 Å². The second-order valence-corrected chi connectivity index (χ2v) is 9.74. The lowest BCUT2D eigenvalue weighted by atomic mass is 10.0. The number of carbonyl (C=O) groups excluding carboxylic acids is 2. The Bertz CT molecular complexity index is 1440. The summed E-state index contributed by atoms with van der Waals surface area (Å²) in [7, 11) is 1.99. The Labute approximate surface area is 223 Å². The number of hydrogen-bond donors (Lipinski definition) is 1. The van der Waals surface area contributed by atoms with Gasteiger partial charge in [-0.15, -0.1) is 0 Å². The van der Waals surface area contributed by atoms with Gasteiger partial charge in [-0.3, -0.25) is 9.59 Å². The third-order valence-corrected chi connectivity index (χ3v) is 6.79. The SMILES string of the molecule is Cc1cc(C)nc(N(C)CCOc2ccc(NC(=O)C(=O)c3c(-c4ccccc4)cc4n3CCC4)cc2)c1. The van der Waals surface area contributed by atoms with E-state index in [-0.39, 0.29) is 0 Å². The first-order valence-corrected chi connectivity index (χ1v) is 12.9. The molecule has 1 amide bonds. The molecular formula is C31H32N4O3. The monoisotopic (exact) mass is 508 g/mol. The van der Waals surface area contributed by atoms with Crippen molar-refractivity contribution in [3.05, 3.63) is 95.4 Å². The number of hydrogen-bond acceptors (Lipinski definition) is 5. The molecule has 7 heteroatoms. The number of nitrogens with one attached hydrogen (secondary N) is 1. The highest BCUT2D eigenvalue weighted by Gasteiger charge is 2.28. The number of Topliss-reactive ketones (excluding diaryl/α,β-unsaturated/α-hetero) is 1. The number of aromatic nitrogens is 2. The van der Waals surface area contributed by atoms with E-state index in [9.17, 15) is 9.59 Å². The molecule has 0 atom stereocenters. The molecule has 1 N–H and O–H groups in total. The topological polar surface area (TPSA) is 76.5 Å². The predicted molar refractivity (Wildman–Crippen MR) is 150 cm³/mol. The molecule has 194 valence electrons. The van der Waals surface area contributed by atoms with E-state index in [4.69, 9.17) is 4.74 Å². The van der Waals surface area contributed by atoms with Gasteiger partial charge in [-0.1, -0.05) is 30.3 Å². The highest BCUT2D eigenvalue weighted by Crippen LogP contribution is 2.32. The summed E-state index contributed by atoms with van der Waals surface area (Å²) in [5.41, 5.74) is 6.01. The lowest BCUT2D eigenvalue weighted by molar-refractivity contribution is -0.112. The quantitative estimate of drug-likeness (QED) is 0.240. The van der Waals surface area contributed by atoms with Gasteiger partial charge in [0, 0.05) is 36.2 Å². The number of amides is 1. The van der Waals surface area contributed by atoms with Gasteiger partial charge in [-0.25, -0.2) is 4.98 Å². The first-order valence-electron chi connectivity index (χ1n) is 12.9. The molecule has 0 radical (unpaired) electrons. The van der Waals surface area contributed by atoms with E-state index in [1.807, 2.05) is 54.9 Å². The number of likely N-dealkylation sites (N-methyl/N-ethyl adjacent to an activating group) is 1. The first kappa shape index (κ1) is 25.3. The Morgan fingerprint density at radius 2 is 1.79 bits per heavy atom. The van der Waals surface area contributed by atoms with Crippen LogP contribution in [0.4, 0.5) is 11.5 Å². The van der Waals surface area contributed by atoms with Crippen LogP contribution in [0.15, 0.2) is 72.8 Å². The van der Waals surface area contributed by atoms with Gasteiger partial charge in [-0.2, -0.15) is 0 Å². The number of benzene rings is 2. The summed E-state index contributed by atoms with van der Waals surface area (Å²) in [4.78, 5) is 33.0. The minimum Gasteiger partial charge on any atom is -0.492 e. The molecule has 2 aromatic carbocycles. The maximum absolute atomic E-state index is 13.3. The summed E-state index contributed by atoms with van der Waals surface area (Å²) < 4.78 is 7.88. The van der Waals surface area contributed by atoms with Crippen molar-refractivity contribution in [3.63, 3.8) is 0 Å². The van der Waals surface area contributed by atoms with Gasteiger partial charge in [0.1, 0.15) is 23.9 Å². The summed E-state index contributed by atoms with van der Waals surface area (Å²) in [6, 6.07) is 23.0. The van der Waals surface area contributed by atoms with Crippen LogP contribution in [-0.4, -0.2) is 41.4 Å². The Hall–Kier alpha value is -4.39. The lowest BCUT2D eigenvalue weighted by Crippen LogP contribution is -2.25. The van der Waals surface area contributed by atoms with Gasteiger partial charge in [0.05, 0.1) is 6.54 Å². The third kappa shape index (κ3) is 5.47. The number of ether oxygens (including phenoxy) is 1. The van der Waals surface area contributed by atoms with Crippen molar-refractivity contribution in [2.75, 3.05) is 30.4 Å². The minimum atomic E-state index is -0.647. The highest BCUT2D eigenvalue weighted by atomic mass is 16.5. The molecule has 0 unspecified atom stereocenters. The van der Waals surface area contributed by atoms with Gasteiger partial charge in [-0.05, 0) is 80.3 Å². The summed E-state index contributed by atoms with van der Waals surface area (Å²) in [6.07, 6.45) is 1.89. The average molecular weight is 509 g/mol. The zero-order valence-electron chi connectivity index (χ0n) is 22.0. The van der Waals surface area contributed by atoms with Crippen LogP contribution in [0, 0.1) is 13.8 Å². The van der Waals surface area contributed by atoms with E-state index < -0.39 is 11.7 Å². The molecule has 0 aliphatic carbocycles. The Morgan fingerprint density at radius 3 is 2.53 bits per heavy atom. The molecule has 7 nitrogen and oxygen atoms in total. The first-order chi connectivity index (χ1) is 18.4. The second-order valence-electron chi connectivity index (χ2n) is 9.74. The molecule has 0 spiro atoms. The van der Waals surface area contributed by atoms with Crippen molar-refractivity contribution in [3.8, 4) is 16.9 Å². The fourth-order valence-electron chi connectivity index (χ4n) is 4.93. The van der Waals surface area contributed by atoms with Crippen molar-refractivity contribution in [2.24, 2.45) is 0 Å². The number of pyridine rings is 1. The lowest BCUT2D eigenvalue weighted by Gasteiger charge is -2.19. The molecule has 1 aliphatic rings. The van der Waals surface area contributed by atoms with E-state index in [0.29, 0.717) is 30.3 Å². The number of aryl methyl sites for hydroxylation is 3. The van der Waals surface area contributed by atoms with Crippen LogP contribution in [0.2, 0.25) is 0 Å². The normalized spacial score (nSPS) is 12.2. The van der Waals surface area contributed by atoms with Gasteiger partial charge in [0.2, 0.25) is 0 Å². The molecule has 0 bridgehead atoms. The van der Waals surface area contributed by atoms with E-state index in [0.717, 1.165) is 47.7 Å². The van der Waals surface area contributed by atoms with Gasteiger partial charge >= 0.3 is 0 Å². The van der Waals surface area contributed by atoms with Gasteiger partial charge < -0.3 is 19.5 Å². The maximum atomic E-state index is 13.3. The molecule has 4 aromatic rings. The molecule has 1 aliphatic heterocycles. The zero-order valence-corrected chi connectivity index (χ0v) is 22.0. The number of carbonyl (C=O) groups is 2. The molecule has 5 rings (SSSR count). The molecule has 0 saturated heterocycles. The Morgan fingerprint density at radius 1 is 1.03 bits per heavy atom. The second kappa shape index (κ2) is 10.9. The van der Waals surface area contributed by atoms with Crippen molar-refractivity contribution >= 4 is 23.2 Å². The van der Waals surface area contributed by atoms with E-state index >= 15 is 0 Å². The largest absolute Gasteiger partial charge is 0.492 e. The number of rotatable bonds is 9. The van der Waals surface area contributed by atoms with Crippen LogP contribution < -0.4 is 15.0 Å². The van der Waals surface area contributed by atoms with Crippen molar-refractivity contribution in [2.45, 2.75) is 33.2 Å². The molecular weight excluding hydrogens is 476 g/mol. The standard InChI is InChI=1S/C31H32N4O3/c1-21-18-22(2)32-28(19-21)34(3)16-17-38-26-13-11-24(12-14-26)33-31(37)30(36)29-27(23-8-5-4-6-9-23)20-25-10-7-15-35(25)29/h4-6,8-9,11-14,18-20H,7,10,15-17H2,1-3H3,(H,33,37). The maximum Gasteiger partial charge on any atom is 0.298 e. The van der Waals surface area contributed by atoms with Crippen LogP contribution in [0.1, 0.15) is 33.9 Å². The predicted octanol–water partition coefficient (Wildman–Crippen LogP) is 5.45. The number of ketones is 1. The molecule has 0 fully saturated rings. The van der Waals surface area contributed by atoms with Crippen LogP contribution >= 0.6 is 0 Å². The number of anilines is 2. The number of fused-ring (bicyclic) bond motifs is 1. The van der Waals surface area contributed by atoms with Gasteiger partial charge in [0.15, 0.2) is 0 Å². The Kier molecular flexibility index (Phi) is 7.26. The van der Waals surface area contributed by atoms with Crippen LogP contribution in [0.25, 0.3) is 11.1 Å². The van der Waals surface area contributed by atoms with Crippen LogP contribution in [-0.2, 0) is 17.8 Å². The van der Waals surface area contributed by atoms with Crippen molar-refractivity contribution < 1.29 is 14.3 Å². The average Bonchev–Trinajstić information content (AvgIpc) is 3.51. The van der Waals surface area contributed by atoms with Gasteiger partial charge in [0.25, 0.3) is 11.7 Å². The number of nitrogens with zero attached hydrogens (tertiary/aromatic N) is 3. The fraction of sp³-hybridized carbons (Fsp3) is 0.258. The molecule has 38 heavy (non-hydrogen) atoms. The highest BCUT2D eigenvalue weighted by molar-refractivity contribution is 6.47. The molecule has 2 aromatic heterocycles. The minimum absolute atomic E-state index is 0.462. The van der Waals surface area contributed by atoms with Crippen molar-refractivity contribution in [1.82, 2.24) is 9.55 Å². The third-order valence-electron chi connectivity index (χ3n) is 6.79. The van der Waals surface area contributed by atoms with Crippen molar-refractivity contribution in [1.29, 1.82) is 0 Å². The Balaban J connectivity index is 1.21. The van der Waals surface area contributed by atoms with E-state index in [2.05, 4.69) is 34.3 Å². The molecule has 0 saturated carbocycles. The smallest absolute Gasteiger partial charge is 0.298 e. The summed E-state index contributed by atoms with van der Waals surface area (Å²) in [5.74, 6) is 0.427.